The first-order valence-corrected chi connectivity index (χ1v) is 7.23. The molecule has 0 aromatic rings. The van der Waals surface area contributed by atoms with E-state index >= 15 is 0 Å². The minimum Gasteiger partial charge on any atom is -0.468 e. The van der Waals surface area contributed by atoms with Crippen molar-refractivity contribution in [1.82, 2.24) is 8.61 Å². The second-order valence-corrected chi connectivity index (χ2v) is 6.25. The lowest BCUT2D eigenvalue weighted by Gasteiger charge is -2.31. The highest BCUT2D eigenvalue weighted by molar-refractivity contribution is 7.86. The van der Waals surface area contributed by atoms with E-state index < -0.39 is 22.2 Å². The Morgan fingerprint density at radius 3 is 2.11 bits per heavy atom. The summed E-state index contributed by atoms with van der Waals surface area (Å²) in [6.45, 7) is 5.64. The lowest BCUT2D eigenvalue weighted by Crippen LogP contribution is -2.51. The molecule has 1 atom stereocenters. The number of rotatable bonds is 3. The predicted octanol–water partition coefficient (Wildman–Crippen LogP) is 0.375. The highest BCUT2D eigenvalue weighted by atomic mass is 32.2. The fraction of sp³-hybridized carbons (Fsp3) is 0.727. The molecule has 0 spiro atoms. The van der Waals surface area contributed by atoms with Gasteiger partial charge in [-0.15, -0.1) is 0 Å². The lowest BCUT2D eigenvalue weighted by atomic mass is 10.3. The van der Waals surface area contributed by atoms with Crippen molar-refractivity contribution in [3.05, 3.63) is 12.2 Å². The maximum absolute atomic E-state index is 12.4. The fourth-order valence-corrected chi connectivity index (χ4v) is 3.64. The summed E-state index contributed by atoms with van der Waals surface area (Å²) in [4.78, 5) is 11.5. The lowest BCUT2D eigenvalue weighted by molar-refractivity contribution is -0.144. The van der Waals surface area contributed by atoms with E-state index in [1.165, 1.54) is 18.3 Å². The van der Waals surface area contributed by atoms with Crippen molar-refractivity contribution in [2.75, 3.05) is 20.2 Å². The molecule has 0 bridgehead atoms. The van der Waals surface area contributed by atoms with Gasteiger partial charge in [0.2, 0.25) is 0 Å². The van der Waals surface area contributed by atoms with E-state index in [0.717, 1.165) is 4.31 Å². The first kappa shape index (κ1) is 15.1. The third-order valence-electron chi connectivity index (χ3n) is 2.88. The van der Waals surface area contributed by atoms with Crippen LogP contribution in [0.4, 0.5) is 0 Å². The number of methoxy groups -OCH3 is 1. The normalized spacial score (nSPS) is 22.7. The number of carbonyl (C=O) groups is 1. The van der Waals surface area contributed by atoms with Gasteiger partial charge in [-0.1, -0.05) is 12.2 Å². The van der Waals surface area contributed by atoms with E-state index in [2.05, 4.69) is 4.74 Å². The van der Waals surface area contributed by atoms with Crippen molar-refractivity contribution < 1.29 is 17.9 Å². The van der Waals surface area contributed by atoms with Crippen molar-refractivity contribution in [1.29, 1.82) is 0 Å². The number of ether oxygens (including phenoxy) is 1. The molecule has 0 fully saturated rings. The van der Waals surface area contributed by atoms with Gasteiger partial charge in [-0.2, -0.15) is 17.0 Å². The van der Waals surface area contributed by atoms with Gasteiger partial charge in [-0.3, -0.25) is 4.79 Å². The second kappa shape index (κ2) is 5.81. The van der Waals surface area contributed by atoms with Crippen molar-refractivity contribution in [2.45, 2.75) is 32.9 Å². The summed E-state index contributed by atoms with van der Waals surface area (Å²) in [5.41, 5.74) is 0. The average Bonchev–Trinajstić information content (AvgIpc) is 2.45. The molecule has 0 aliphatic carbocycles. The standard InChI is InChI=1S/C11H20N2O4S/c1-9(2)12-7-5-6-8-13(18(12,15)16)10(3)11(14)17-4/h5-6,9-10H,7-8H2,1-4H3. The summed E-state index contributed by atoms with van der Waals surface area (Å²) < 4.78 is 32.0. The van der Waals surface area contributed by atoms with Crippen LogP contribution in [0, 0.1) is 0 Å². The number of hydrogen-bond donors (Lipinski definition) is 0. The first-order chi connectivity index (χ1) is 8.32. The summed E-state index contributed by atoms with van der Waals surface area (Å²) in [6.07, 6.45) is 3.54. The molecule has 1 heterocycles. The summed E-state index contributed by atoms with van der Waals surface area (Å²) >= 11 is 0. The van der Waals surface area contributed by atoms with E-state index in [1.54, 1.807) is 26.0 Å². The molecule has 0 amide bonds. The Hall–Kier alpha value is -0.920. The van der Waals surface area contributed by atoms with Crippen LogP contribution < -0.4 is 0 Å². The Labute approximate surface area is 108 Å². The van der Waals surface area contributed by atoms with Gasteiger partial charge in [0.15, 0.2) is 0 Å². The Bertz CT molecular complexity index is 430. The minimum atomic E-state index is -3.65. The second-order valence-electron chi connectivity index (χ2n) is 4.41. The molecule has 7 heteroatoms. The quantitative estimate of drug-likeness (QED) is 0.552. The topological polar surface area (TPSA) is 66.9 Å². The number of carbonyl (C=O) groups excluding carboxylic acids is 1. The van der Waals surface area contributed by atoms with Gasteiger partial charge in [0.05, 0.1) is 7.11 Å². The van der Waals surface area contributed by atoms with Crippen LogP contribution in [0.3, 0.4) is 0 Å². The monoisotopic (exact) mass is 276 g/mol. The Morgan fingerprint density at radius 2 is 1.67 bits per heavy atom. The van der Waals surface area contributed by atoms with Crippen LogP contribution in [-0.4, -0.2) is 55.3 Å². The molecule has 0 saturated heterocycles. The van der Waals surface area contributed by atoms with E-state index in [-0.39, 0.29) is 12.6 Å². The van der Waals surface area contributed by atoms with Gasteiger partial charge in [0.1, 0.15) is 6.04 Å². The molecular weight excluding hydrogens is 256 g/mol. The maximum Gasteiger partial charge on any atom is 0.323 e. The third kappa shape index (κ3) is 2.90. The first-order valence-electron chi connectivity index (χ1n) is 5.83. The third-order valence-corrected chi connectivity index (χ3v) is 5.10. The molecule has 104 valence electrons. The average molecular weight is 276 g/mol. The van der Waals surface area contributed by atoms with Gasteiger partial charge in [-0.05, 0) is 20.8 Å². The van der Waals surface area contributed by atoms with E-state index in [0.29, 0.717) is 6.54 Å². The largest absolute Gasteiger partial charge is 0.468 e. The molecule has 1 unspecified atom stereocenters. The van der Waals surface area contributed by atoms with Crippen LogP contribution in [0.5, 0.6) is 0 Å². The highest BCUT2D eigenvalue weighted by Gasteiger charge is 2.37. The molecular formula is C11H20N2O4S. The summed E-state index contributed by atoms with van der Waals surface area (Å²) in [5, 5.41) is 0. The molecule has 0 N–H and O–H groups in total. The number of esters is 1. The van der Waals surface area contributed by atoms with E-state index in [1.807, 2.05) is 0 Å². The molecule has 0 saturated carbocycles. The molecule has 0 radical (unpaired) electrons. The molecule has 6 nitrogen and oxygen atoms in total. The van der Waals surface area contributed by atoms with Gasteiger partial charge in [0.25, 0.3) is 10.2 Å². The van der Waals surface area contributed by atoms with Crippen molar-refractivity contribution in [2.24, 2.45) is 0 Å². The molecule has 1 aliphatic rings. The van der Waals surface area contributed by atoms with Gasteiger partial charge in [0, 0.05) is 19.1 Å². The maximum atomic E-state index is 12.4. The minimum absolute atomic E-state index is 0.162. The molecule has 1 rings (SSSR count). The zero-order chi connectivity index (χ0) is 13.9. The number of hydrogen-bond acceptors (Lipinski definition) is 4. The van der Waals surface area contributed by atoms with Crippen molar-refractivity contribution >= 4 is 16.2 Å². The Balaban J connectivity index is 3.10. The molecule has 1 aliphatic heterocycles. The van der Waals surface area contributed by atoms with Gasteiger partial charge in [-0.25, -0.2) is 0 Å². The molecule has 18 heavy (non-hydrogen) atoms. The van der Waals surface area contributed by atoms with Crippen LogP contribution in [0.25, 0.3) is 0 Å². The highest BCUT2D eigenvalue weighted by Crippen LogP contribution is 2.18. The van der Waals surface area contributed by atoms with Crippen molar-refractivity contribution in [3.63, 3.8) is 0 Å². The fourth-order valence-electron chi connectivity index (χ4n) is 1.80. The van der Waals surface area contributed by atoms with Gasteiger partial charge >= 0.3 is 5.97 Å². The van der Waals surface area contributed by atoms with Crippen LogP contribution in [0.15, 0.2) is 12.2 Å². The Morgan fingerprint density at radius 1 is 1.17 bits per heavy atom. The van der Waals surface area contributed by atoms with E-state index in [4.69, 9.17) is 0 Å². The molecule has 0 aromatic carbocycles. The summed E-state index contributed by atoms with van der Waals surface area (Å²) in [5.74, 6) is -0.558. The smallest absolute Gasteiger partial charge is 0.323 e. The summed E-state index contributed by atoms with van der Waals surface area (Å²) in [7, 11) is -2.40. The zero-order valence-electron chi connectivity index (χ0n) is 11.2. The zero-order valence-corrected chi connectivity index (χ0v) is 12.0. The van der Waals surface area contributed by atoms with Gasteiger partial charge < -0.3 is 4.74 Å². The number of nitrogens with zero attached hydrogens (tertiary/aromatic N) is 2. The SMILES string of the molecule is COC(=O)C(C)N1CC=CCN(C(C)C)S1(=O)=O. The van der Waals surface area contributed by atoms with Crippen LogP contribution in [-0.2, 0) is 19.7 Å². The van der Waals surface area contributed by atoms with Crippen LogP contribution in [0.2, 0.25) is 0 Å². The molecule has 0 aromatic heterocycles. The van der Waals surface area contributed by atoms with Crippen molar-refractivity contribution in [3.8, 4) is 0 Å². The predicted molar refractivity (Wildman–Crippen MR) is 68.1 cm³/mol. The van der Waals surface area contributed by atoms with Crippen LogP contribution >= 0.6 is 0 Å². The van der Waals surface area contributed by atoms with Crippen LogP contribution in [0.1, 0.15) is 20.8 Å². The summed E-state index contributed by atoms with van der Waals surface area (Å²) in [6, 6.07) is -0.992. The Kier molecular flexibility index (Phi) is 4.89. The van der Waals surface area contributed by atoms with E-state index in [9.17, 15) is 13.2 Å².